The van der Waals surface area contributed by atoms with Crippen LogP contribution in [-0.2, 0) is 6.42 Å². The Kier molecular flexibility index (Phi) is 4.61. The second kappa shape index (κ2) is 6.46. The van der Waals surface area contributed by atoms with Crippen LogP contribution in [0.15, 0.2) is 18.2 Å². The Morgan fingerprint density at radius 3 is 2.83 bits per heavy atom. The van der Waals surface area contributed by atoms with Crippen LogP contribution in [0.2, 0.25) is 0 Å². The molecule has 132 valence electrons. The van der Waals surface area contributed by atoms with Crippen molar-refractivity contribution in [1.29, 1.82) is 0 Å². The highest BCUT2D eigenvalue weighted by molar-refractivity contribution is 14.1. The predicted molar refractivity (Wildman–Crippen MR) is 106 cm³/mol. The van der Waals surface area contributed by atoms with E-state index in [9.17, 15) is 5.11 Å². The maximum Gasteiger partial charge on any atom is 0.119 e. The second-order valence-corrected chi connectivity index (χ2v) is 9.07. The minimum atomic E-state index is -0.151. The van der Waals surface area contributed by atoms with Crippen LogP contribution in [0.4, 0.5) is 0 Å². The molecule has 0 radical (unpaired) electrons. The largest absolute Gasteiger partial charge is 0.497 e. The summed E-state index contributed by atoms with van der Waals surface area (Å²) in [5, 5.41) is 10.4. The molecule has 2 nitrogen and oxygen atoms in total. The van der Waals surface area contributed by atoms with E-state index in [2.05, 4.69) is 40.8 Å². The van der Waals surface area contributed by atoms with Crippen molar-refractivity contribution in [2.24, 2.45) is 23.2 Å². The van der Waals surface area contributed by atoms with E-state index in [1.807, 2.05) is 6.92 Å². The molecule has 3 heteroatoms. The van der Waals surface area contributed by atoms with Crippen molar-refractivity contribution in [3.8, 4) is 5.75 Å². The highest BCUT2D eigenvalue weighted by Gasteiger charge is 2.57. The van der Waals surface area contributed by atoms with E-state index in [4.69, 9.17) is 4.74 Å². The molecule has 2 fully saturated rings. The zero-order chi connectivity index (χ0) is 16.9. The van der Waals surface area contributed by atoms with Crippen molar-refractivity contribution in [1.82, 2.24) is 0 Å². The Bertz CT molecular complexity index is 614. The molecule has 1 aromatic rings. The van der Waals surface area contributed by atoms with Crippen molar-refractivity contribution in [2.45, 2.75) is 57.5 Å². The number of aliphatic hydroxyl groups is 1. The summed E-state index contributed by atoms with van der Waals surface area (Å²) in [4.78, 5) is 0. The van der Waals surface area contributed by atoms with Crippen molar-refractivity contribution < 1.29 is 9.84 Å². The molecule has 6 atom stereocenters. The zero-order valence-corrected chi connectivity index (χ0v) is 17.0. The van der Waals surface area contributed by atoms with E-state index in [0.29, 0.717) is 11.3 Å². The van der Waals surface area contributed by atoms with Gasteiger partial charge in [-0.1, -0.05) is 28.7 Å². The third-order valence-electron chi connectivity index (χ3n) is 7.55. The van der Waals surface area contributed by atoms with Crippen LogP contribution in [0.25, 0.3) is 0 Å². The van der Waals surface area contributed by atoms with E-state index >= 15 is 0 Å². The van der Waals surface area contributed by atoms with E-state index in [-0.39, 0.29) is 6.10 Å². The average molecular weight is 440 g/mol. The van der Waals surface area contributed by atoms with Gasteiger partial charge in [-0.3, -0.25) is 0 Å². The number of aliphatic hydroxyl groups excluding tert-OH is 1. The molecule has 1 N–H and O–H groups in total. The van der Waals surface area contributed by atoms with Crippen LogP contribution in [0, 0.1) is 23.2 Å². The Hall–Kier alpha value is -0.290. The number of alkyl halides is 1. The van der Waals surface area contributed by atoms with E-state index < -0.39 is 0 Å². The van der Waals surface area contributed by atoms with Gasteiger partial charge >= 0.3 is 0 Å². The predicted octanol–water partition coefficient (Wildman–Crippen LogP) is 4.96. The normalized spacial score (nSPS) is 38.8. The van der Waals surface area contributed by atoms with E-state index in [1.54, 1.807) is 12.7 Å². The van der Waals surface area contributed by atoms with Crippen LogP contribution in [0.1, 0.15) is 56.1 Å². The second-order valence-electron chi connectivity index (χ2n) is 8.31. The van der Waals surface area contributed by atoms with Gasteiger partial charge in [-0.2, -0.15) is 0 Å². The number of methoxy groups -OCH3 is 1. The summed E-state index contributed by atoms with van der Waals surface area (Å²) in [7, 11) is 1.76. The van der Waals surface area contributed by atoms with Crippen LogP contribution in [0.5, 0.6) is 5.75 Å². The molecule has 3 aliphatic carbocycles. The highest BCUT2D eigenvalue weighted by atomic mass is 127. The van der Waals surface area contributed by atoms with Crippen molar-refractivity contribution in [3.05, 3.63) is 29.3 Å². The number of rotatable bonds is 3. The monoisotopic (exact) mass is 440 g/mol. The fourth-order valence-corrected chi connectivity index (χ4v) is 8.04. The highest BCUT2D eigenvalue weighted by Crippen LogP contribution is 2.64. The van der Waals surface area contributed by atoms with Gasteiger partial charge in [-0.15, -0.1) is 0 Å². The van der Waals surface area contributed by atoms with Crippen molar-refractivity contribution >= 4 is 22.6 Å². The molecular weight excluding hydrogens is 411 g/mol. The fourth-order valence-electron chi connectivity index (χ4n) is 6.52. The zero-order valence-electron chi connectivity index (χ0n) is 14.8. The number of aryl methyl sites for hydroxylation is 1. The average Bonchev–Trinajstić information content (AvgIpc) is 3.01. The summed E-state index contributed by atoms with van der Waals surface area (Å²) in [6.45, 7) is 2.02. The first kappa shape index (κ1) is 17.1. The fraction of sp³-hybridized carbons (Fsp3) is 0.714. The van der Waals surface area contributed by atoms with E-state index in [0.717, 1.165) is 23.5 Å². The molecule has 0 aliphatic heterocycles. The summed E-state index contributed by atoms with van der Waals surface area (Å²) >= 11 is 2.61. The van der Waals surface area contributed by atoms with Crippen molar-refractivity contribution in [2.75, 3.05) is 11.5 Å². The number of ether oxygens (including phenoxy) is 1. The lowest BCUT2D eigenvalue weighted by atomic mass is 9.54. The number of halogens is 1. The number of hydrogen-bond acceptors (Lipinski definition) is 2. The lowest BCUT2D eigenvalue weighted by Gasteiger charge is -2.52. The molecular formula is C21H29IO2. The Balaban J connectivity index is 1.67. The summed E-state index contributed by atoms with van der Waals surface area (Å²) in [5.74, 6) is 3.87. The van der Waals surface area contributed by atoms with Gasteiger partial charge in [-0.25, -0.2) is 0 Å². The standard InChI is InChI=1S/C21H29IO2/c1-13(23)19-7-8-20-18-5-3-14-11-15(24-2)4-6-16(14)17(18)9-10-21(19,20)12-22/h4,6,11,13,17-20,23H,3,5,7-10,12H2,1-2H3/t13-,17+,18+,19+,20-,21-/m0/s1. The van der Waals surface area contributed by atoms with Gasteiger partial charge in [0.2, 0.25) is 0 Å². The molecule has 24 heavy (non-hydrogen) atoms. The first-order chi connectivity index (χ1) is 11.6. The topological polar surface area (TPSA) is 29.5 Å². The van der Waals surface area contributed by atoms with Crippen LogP contribution >= 0.6 is 22.6 Å². The van der Waals surface area contributed by atoms with Gasteiger partial charge < -0.3 is 9.84 Å². The first-order valence-corrected chi connectivity index (χ1v) is 11.0. The Morgan fingerprint density at radius 1 is 1.29 bits per heavy atom. The molecule has 0 unspecified atom stereocenters. The third kappa shape index (κ3) is 2.45. The number of benzene rings is 1. The molecule has 0 amide bonds. The molecule has 4 rings (SSSR count). The van der Waals surface area contributed by atoms with Gasteiger partial charge in [0.1, 0.15) is 5.75 Å². The molecule has 1 aromatic carbocycles. The molecule has 0 heterocycles. The maximum atomic E-state index is 10.4. The van der Waals surface area contributed by atoms with Crippen molar-refractivity contribution in [3.63, 3.8) is 0 Å². The number of hydrogen-bond donors (Lipinski definition) is 1. The van der Waals surface area contributed by atoms with Crippen LogP contribution in [0.3, 0.4) is 0 Å². The quantitative estimate of drug-likeness (QED) is 0.532. The third-order valence-corrected chi connectivity index (χ3v) is 8.97. The smallest absolute Gasteiger partial charge is 0.119 e. The Labute approximate surface area is 159 Å². The summed E-state index contributed by atoms with van der Waals surface area (Å²) in [6, 6.07) is 6.75. The summed E-state index contributed by atoms with van der Waals surface area (Å²) < 4.78 is 6.64. The molecule has 0 saturated heterocycles. The molecule has 3 aliphatic rings. The molecule has 0 aromatic heterocycles. The summed E-state index contributed by atoms with van der Waals surface area (Å²) in [5.41, 5.74) is 3.50. The minimum Gasteiger partial charge on any atom is -0.497 e. The first-order valence-electron chi connectivity index (χ1n) is 9.51. The van der Waals surface area contributed by atoms with Crippen LogP contribution in [-0.4, -0.2) is 22.7 Å². The molecule has 0 spiro atoms. The SMILES string of the molecule is COc1ccc2c(c1)CC[C@@H]1[C@@H]2CC[C@]2(CI)[C@@H]([C@H](C)O)CC[C@@H]12. The maximum absolute atomic E-state index is 10.4. The van der Waals surface area contributed by atoms with Gasteiger partial charge in [0.05, 0.1) is 13.2 Å². The van der Waals surface area contributed by atoms with Gasteiger partial charge in [0, 0.05) is 4.43 Å². The van der Waals surface area contributed by atoms with Gasteiger partial charge in [-0.05, 0) is 97.8 Å². The minimum absolute atomic E-state index is 0.151. The molecule has 0 bridgehead atoms. The lowest BCUT2D eigenvalue weighted by Crippen LogP contribution is -2.47. The van der Waals surface area contributed by atoms with Gasteiger partial charge in [0.25, 0.3) is 0 Å². The van der Waals surface area contributed by atoms with Gasteiger partial charge in [0.15, 0.2) is 0 Å². The van der Waals surface area contributed by atoms with Crippen LogP contribution < -0.4 is 4.74 Å². The lowest BCUT2D eigenvalue weighted by molar-refractivity contribution is -0.0124. The number of fused-ring (bicyclic) bond motifs is 5. The summed E-state index contributed by atoms with van der Waals surface area (Å²) in [6.07, 6.45) is 7.51. The molecule has 2 saturated carbocycles. The van der Waals surface area contributed by atoms with E-state index in [1.165, 1.54) is 48.5 Å². The Morgan fingerprint density at radius 2 is 2.12 bits per heavy atom.